The molecule has 0 amide bonds. The maximum atomic E-state index is 11.4. The third-order valence-corrected chi connectivity index (χ3v) is 4.90. The Labute approximate surface area is 167 Å². The van der Waals surface area contributed by atoms with Crippen molar-refractivity contribution in [2.45, 2.75) is 20.1 Å². The smallest absolute Gasteiger partial charge is 0.323 e. The maximum absolute atomic E-state index is 11.4. The number of halogens is 1. The first-order valence-corrected chi connectivity index (χ1v) is 9.38. The van der Waals surface area contributed by atoms with E-state index in [1.54, 1.807) is 0 Å². The fourth-order valence-electron chi connectivity index (χ4n) is 3.09. The number of aryl methyl sites for hydroxylation is 1. The Balaban J connectivity index is 1.50. The topological polar surface area (TPSA) is 69.9 Å². The Morgan fingerprint density at radius 1 is 0.964 bits per heavy atom. The van der Waals surface area contributed by atoms with Crippen LogP contribution in [-0.2, 0) is 13.2 Å². The minimum absolute atomic E-state index is 0.214. The van der Waals surface area contributed by atoms with Gasteiger partial charge < -0.3 is 20.0 Å². The van der Waals surface area contributed by atoms with Gasteiger partial charge in [-0.1, -0.05) is 35.9 Å². The van der Waals surface area contributed by atoms with E-state index >= 15 is 0 Å². The van der Waals surface area contributed by atoms with Crippen LogP contribution in [0.5, 0.6) is 5.75 Å². The molecule has 0 fully saturated rings. The number of anilines is 1. The van der Waals surface area contributed by atoms with E-state index in [0.29, 0.717) is 18.2 Å². The first kappa shape index (κ1) is 18.2. The lowest BCUT2D eigenvalue weighted by molar-refractivity contribution is 0.302. The highest BCUT2D eigenvalue weighted by atomic mass is 35.5. The minimum atomic E-state index is -0.214. The van der Waals surface area contributed by atoms with Crippen molar-refractivity contribution in [3.8, 4) is 5.75 Å². The molecule has 0 aliphatic rings. The van der Waals surface area contributed by atoms with Crippen molar-refractivity contribution in [3.05, 3.63) is 92.9 Å². The van der Waals surface area contributed by atoms with Gasteiger partial charge in [0.2, 0.25) is 0 Å². The summed E-state index contributed by atoms with van der Waals surface area (Å²) in [5.41, 5.74) is 5.53. The monoisotopic (exact) mass is 393 g/mol. The van der Waals surface area contributed by atoms with E-state index in [4.69, 9.17) is 16.3 Å². The van der Waals surface area contributed by atoms with Gasteiger partial charge in [0.1, 0.15) is 12.4 Å². The molecule has 5 nitrogen and oxygen atoms in total. The molecular formula is C22H20ClN3O2. The number of rotatable bonds is 6. The molecule has 0 bridgehead atoms. The molecule has 1 aromatic heterocycles. The Morgan fingerprint density at radius 3 is 2.64 bits per heavy atom. The SMILES string of the molecule is Cc1ccccc1COc1ccc(Cl)cc1CNc1ccc2[nH]c(=O)[nH]c2c1. The molecule has 6 heteroatoms. The normalized spacial score (nSPS) is 10.9. The molecule has 1 heterocycles. The Bertz CT molecular complexity index is 1180. The van der Waals surface area contributed by atoms with Crippen LogP contribution in [0.3, 0.4) is 0 Å². The lowest BCUT2D eigenvalue weighted by Gasteiger charge is -2.14. The van der Waals surface area contributed by atoms with E-state index in [0.717, 1.165) is 33.6 Å². The number of imidazole rings is 1. The van der Waals surface area contributed by atoms with E-state index in [2.05, 4.69) is 34.3 Å². The molecule has 0 spiro atoms. The predicted octanol–water partition coefficient (Wildman–Crippen LogP) is 5.01. The predicted molar refractivity (Wildman–Crippen MR) is 113 cm³/mol. The van der Waals surface area contributed by atoms with Crippen molar-refractivity contribution in [2.75, 3.05) is 5.32 Å². The van der Waals surface area contributed by atoms with Gasteiger partial charge in [0.05, 0.1) is 11.0 Å². The first-order valence-electron chi connectivity index (χ1n) is 9.00. The minimum Gasteiger partial charge on any atom is -0.489 e. The molecule has 142 valence electrons. The highest BCUT2D eigenvalue weighted by molar-refractivity contribution is 6.30. The quantitative estimate of drug-likeness (QED) is 0.431. The molecule has 4 aromatic rings. The van der Waals surface area contributed by atoms with Gasteiger partial charge in [-0.05, 0) is 54.4 Å². The highest BCUT2D eigenvalue weighted by Gasteiger charge is 2.07. The molecule has 4 rings (SSSR count). The second-order valence-corrected chi connectivity index (χ2v) is 7.10. The van der Waals surface area contributed by atoms with E-state index < -0.39 is 0 Å². The summed E-state index contributed by atoms with van der Waals surface area (Å²) in [6.07, 6.45) is 0. The average molecular weight is 394 g/mol. The van der Waals surface area contributed by atoms with Crippen LogP contribution in [0.15, 0.2) is 65.5 Å². The van der Waals surface area contributed by atoms with Gasteiger partial charge in [-0.2, -0.15) is 0 Å². The third kappa shape index (κ3) is 4.05. The Hall–Kier alpha value is -3.18. The number of aromatic amines is 2. The molecule has 3 N–H and O–H groups in total. The number of hydrogen-bond acceptors (Lipinski definition) is 3. The summed E-state index contributed by atoms with van der Waals surface area (Å²) in [5.74, 6) is 0.788. The molecule has 0 saturated carbocycles. The second kappa shape index (κ2) is 7.82. The van der Waals surface area contributed by atoms with Gasteiger partial charge in [0, 0.05) is 22.8 Å². The second-order valence-electron chi connectivity index (χ2n) is 6.66. The van der Waals surface area contributed by atoms with Crippen molar-refractivity contribution in [3.63, 3.8) is 0 Å². The van der Waals surface area contributed by atoms with Crippen LogP contribution in [0.4, 0.5) is 5.69 Å². The van der Waals surface area contributed by atoms with E-state index in [1.807, 2.05) is 48.5 Å². The van der Waals surface area contributed by atoms with Crippen molar-refractivity contribution in [1.82, 2.24) is 9.97 Å². The van der Waals surface area contributed by atoms with Crippen LogP contribution in [-0.4, -0.2) is 9.97 Å². The van der Waals surface area contributed by atoms with E-state index in [9.17, 15) is 4.79 Å². The standard InChI is InChI=1S/C22H20ClN3O2/c1-14-4-2-3-5-15(14)13-28-21-9-6-17(23)10-16(21)12-24-18-7-8-19-20(11-18)26-22(27)25-19/h2-11,24H,12-13H2,1H3,(H2,25,26,27). The summed E-state index contributed by atoms with van der Waals surface area (Å²) >= 11 is 6.19. The molecular weight excluding hydrogens is 374 g/mol. The number of hydrogen-bond donors (Lipinski definition) is 3. The number of fused-ring (bicyclic) bond motifs is 1. The zero-order valence-corrected chi connectivity index (χ0v) is 16.1. The number of aromatic nitrogens is 2. The third-order valence-electron chi connectivity index (χ3n) is 4.67. The highest BCUT2D eigenvalue weighted by Crippen LogP contribution is 2.26. The Morgan fingerprint density at radius 2 is 1.79 bits per heavy atom. The van der Waals surface area contributed by atoms with E-state index in [-0.39, 0.29) is 5.69 Å². The summed E-state index contributed by atoms with van der Waals surface area (Å²) in [5, 5.41) is 4.02. The largest absolute Gasteiger partial charge is 0.489 e. The van der Waals surface area contributed by atoms with Gasteiger partial charge in [0.15, 0.2) is 0 Å². The van der Waals surface area contributed by atoms with Gasteiger partial charge >= 0.3 is 5.69 Å². The lowest BCUT2D eigenvalue weighted by Crippen LogP contribution is -2.04. The summed E-state index contributed by atoms with van der Waals surface area (Å²) in [6, 6.07) is 19.5. The molecule has 0 unspecified atom stereocenters. The number of ether oxygens (including phenoxy) is 1. The molecule has 0 aliphatic carbocycles. The fourth-order valence-corrected chi connectivity index (χ4v) is 3.29. The summed E-state index contributed by atoms with van der Waals surface area (Å²) in [4.78, 5) is 16.9. The van der Waals surface area contributed by atoms with Crippen LogP contribution in [0, 0.1) is 6.92 Å². The first-order chi connectivity index (χ1) is 13.6. The number of nitrogens with one attached hydrogen (secondary N) is 3. The van der Waals surface area contributed by atoms with Crippen LogP contribution < -0.4 is 15.7 Å². The van der Waals surface area contributed by atoms with Crippen LogP contribution in [0.1, 0.15) is 16.7 Å². The molecule has 0 radical (unpaired) electrons. The molecule has 28 heavy (non-hydrogen) atoms. The number of benzene rings is 3. The van der Waals surface area contributed by atoms with Crippen molar-refractivity contribution in [1.29, 1.82) is 0 Å². The number of H-pyrrole nitrogens is 2. The van der Waals surface area contributed by atoms with Gasteiger partial charge in [-0.3, -0.25) is 0 Å². The lowest BCUT2D eigenvalue weighted by atomic mass is 10.1. The molecule has 0 aliphatic heterocycles. The van der Waals surface area contributed by atoms with Crippen LogP contribution in [0.25, 0.3) is 11.0 Å². The van der Waals surface area contributed by atoms with Gasteiger partial charge in [-0.25, -0.2) is 4.79 Å². The van der Waals surface area contributed by atoms with E-state index in [1.165, 1.54) is 5.56 Å². The summed E-state index contributed by atoms with van der Waals surface area (Å²) < 4.78 is 6.07. The maximum Gasteiger partial charge on any atom is 0.323 e. The molecule has 0 saturated heterocycles. The van der Waals surface area contributed by atoms with Gasteiger partial charge in [-0.15, -0.1) is 0 Å². The van der Waals surface area contributed by atoms with Crippen LogP contribution in [0.2, 0.25) is 5.02 Å². The fraction of sp³-hybridized carbons (Fsp3) is 0.136. The van der Waals surface area contributed by atoms with Crippen molar-refractivity contribution >= 4 is 28.3 Å². The zero-order valence-electron chi connectivity index (χ0n) is 15.4. The van der Waals surface area contributed by atoms with Gasteiger partial charge in [0.25, 0.3) is 0 Å². The molecule has 3 aromatic carbocycles. The summed E-state index contributed by atoms with van der Waals surface area (Å²) in [7, 11) is 0. The Kier molecular flexibility index (Phi) is 5.08. The average Bonchev–Trinajstić information content (AvgIpc) is 3.06. The zero-order chi connectivity index (χ0) is 19.5. The molecule has 0 atom stereocenters. The summed E-state index contributed by atoms with van der Waals surface area (Å²) in [6.45, 7) is 3.12. The van der Waals surface area contributed by atoms with Crippen molar-refractivity contribution < 1.29 is 4.74 Å². The van der Waals surface area contributed by atoms with Crippen molar-refractivity contribution in [2.24, 2.45) is 0 Å². The van der Waals surface area contributed by atoms with Crippen LogP contribution >= 0.6 is 11.6 Å².